The molecule has 8 nitrogen and oxygen atoms in total. The number of aromatic nitrogens is 5. The fourth-order valence-electron chi connectivity index (χ4n) is 4.28. The van der Waals surface area contributed by atoms with Gasteiger partial charge in [0.15, 0.2) is 11.5 Å². The van der Waals surface area contributed by atoms with E-state index < -0.39 is 35.7 Å². The van der Waals surface area contributed by atoms with E-state index in [0.717, 1.165) is 17.4 Å². The zero-order valence-corrected chi connectivity index (χ0v) is 19.1. The average molecular weight is 492 g/mol. The number of piperidine rings is 1. The maximum Gasteiger partial charge on any atom is 0.434 e. The van der Waals surface area contributed by atoms with E-state index in [-0.39, 0.29) is 23.0 Å². The minimum atomic E-state index is -4.61. The molecule has 186 valence electrons. The Bertz CT molecular complexity index is 1150. The van der Waals surface area contributed by atoms with Crippen LogP contribution in [0.1, 0.15) is 49.2 Å². The van der Waals surface area contributed by atoms with Gasteiger partial charge in [0.05, 0.1) is 36.4 Å². The molecule has 3 atom stereocenters. The summed E-state index contributed by atoms with van der Waals surface area (Å²) in [6.45, 7) is 4.27. The van der Waals surface area contributed by atoms with Crippen molar-refractivity contribution < 1.29 is 27.1 Å². The Morgan fingerprint density at radius 1 is 1.17 bits per heavy atom. The predicted molar refractivity (Wildman–Crippen MR) is 116 cm³/mol. The van der Waals surface area contributed by atoms with Gasteiger partial charge in [-0.3, -0.25) is 4.79 Å². The van der Waals surface area contributed by atoms with Crippen LogP contribution in [0.2, 0.25) is 0 Å². The third-order valence-electron chi connectivity index (χ3n) is 5.98. The van der Waals surface area contributed by atoms with Crippen LogP contribution in [0.3, 0.4) is 0 Å². The fraction of sp³-hybridized carbons (Fsp3) is 0.435. The molecule has 1 aliphatic heterocycles. The Hall–Kier alpha value is -3.57. The molecule has 0 radical (unpaired) electrons. The summed E-state index contributed by atoms with van der Waals surface area (Å²) in [6.07, 6.45) is 1.04. The minimum Gasteiger partial charge on any atom is -0.471 e. The first-order chi connectivity index (χ1) is 16.7. The molecule has 3 unspecified atom stereocenters. The molecule has 1 aliphatic rings. The topological polar surface area (TPSA) is 86.0 Å². The minimum absolute atomic E-state index is 0.0537. The number of alkyl halides is 3. The van der Waals surface area contributed by atoms with Gasteiger partial charge in [0.1, 0.15) is 11.8 Å². The lowest BCUT2D eigenvalue weighted by Crippen LogP contribution is -2.53. The molecule has 1 saturated heterocycles. The monoisotopic (exact) mass is 492 g/mol. The van der Waals surface area contributed by atoms with E-state index in [1.807, 2.05) is 13.8 Å². The molecule has 0 bridgehead atoms. The Labute approximate surface area is 198 Å². The zero-order valence-electron chi connectivity index (χ0n) is 19.1. The predicted octanol–water partition coefficient (Wildman–Crippen LogP) is 4.31. The number of benzene rings is 1. The summed E-state index contributed by atoms with van der Waals surface area (Å²) in [6, 6.07) is 3.79. The molecule has 1 aromatic carbocycles. The summed E-state index contributed by atoms with van der Waals surface area (Å²) in [5.41, 5.74) is -1.07. The van der Waals surface area contributed by atoms with Gasteiger partial charge in [-0.05, 0) is 37.3 Å². The SMILES string of the molecule is CCC(Oc1cnc(C(F)(F)F)cn1)C1CCC(C)CN1C(=O)c1cccc(F)c1-n1nccn1. The van der Waals surface area contributed by atoms with Crippen molar-refractivity contribution in [3.63, 3.8) is 0 Å². The van der Waals surface area contributed by atoms with Crippen molar-refractivity contribution in [2.24, 2.45) is 5.92 Å². The molecule has 1 amide bonds. The highest BCUT2D eigenvalue weighted by Gasteiger charge is 2.38. The summed E-state index contributed by atoms with van der Waals surface area (Å²) in [5, 5.41) is 7.95. The largest absolute Gasteiger partial charge is 0.471 e. The number of carbonyl (C=O) groups excluding carboxylic acids is 1. The van der Waals surface area contributed by atoms with Gasteiger partial charge >= 0.3 is 6.18 Å². The van der Waals surface area contributed by atoms with E-state index in [9.17, 15) is 22.4 Å². The second kappa shape index (κ2) is 9.96. The number of rotatable bonds is 6. The van der Waals surface area contributed by atoms with Gasteiger partial charge in [0.25, 0.3) is 5.91 Å². The summed E-state index contributed by atoms with van der Waals surface area (Å²) >= 11 is 0. The van der Waals surface area contributed by atoms with Crippen molar-refractivity contribution >= 4 is 5.91 Å². The van der Waals surface area contributed by atoms with Crippen molar-refractivity contribution in [1.82, 2.24) is 29.9 Å². The zero-order chi connectivity index (χ0) is 25.2. The highest BCUT2D eigenvalue weighted by Crippen LogP contribution is 2.31. The smallest absolute Gasteiger partial charge is 0.434 e. The lowest BCUT2D eigenvalue weighted by atomic mass is 9.89. The van der Waals surface area contributed by atoms with Crippen LogP contribution in [0.25, 0.3) is 5.69 Å². The van der Waals surface area contributed by atoms with Crippen LogP contribution in [0.4, 0.5) is 17.6 Å². The molecule has 35 heavy (non-hydrogen) atoms. The van der Waals surface area contributed by atoms with E-state index >= 15 is 0 Å². The van der Waals surface area contributed by atoms with Crippen LogP contribution in [0.5, 0.6) is 5.88 Å². The van der Waals surface area contributed by atoms with E-state index in [1.165, 1.54) is 30.6 Å². The number of halogens is 4. The number of amides is 1. The molecule has 3 aromatic rings. The summed E-state index contributed by atoms with van der Waals surface area (Å²) < 4.78 is 59.1. The van der Waals surface area contributed by atoms with Crippen LogP contribution in [-0.4, -0.2) is 54.5 Å². The average Bonchev–Trinajstić information content (AvgIpc) is 3.36. The van der Waals surface area contributed by atoms with Crippen LogP contribution >= 0.6 is 0 Å². The molecule has 0 saturated carbocycles. The van der Waals surface area contributed by atoms with Gasteiger partial charge in [-0.25, -0.2) is 14.4 Å². The first-order valence-electron chi connectivity index (χ1n) is 11.2. The van der Waals surface area contributed by atoms with Crippen molar-refractivity contribution in [1.29, 1.82) is 0 Å². The van der Waals surface area contributed by atoms with E-state index in [2.05, 4.69) is 20.2 Å². The molecular weight excluding hydrogens is 468 g/mol. The third-order valence-corrected chi connectivity index (χ3v) is 5.98. The molecule has 0 N–H and O–H groups in total. The molecule has 0 aliphatic carbocycles. The highest BCUT2D eigenvalue weighted by molar-refractivity contribution is 5.98. The first kappa shape index (κ1) is 24.6. The van der Waals surface area contributed by atoms with Gasteiger partial charge in [-0.2, -0.15) is 23.4 Å². The second-order valence-electron chi connectivity index (χ2n) is 8.46. The second-order valence-corrected chi connectivity index (χ2v) is 8.46. The van der Waals surface area contributed by atoms with Gasteiger partial charge < -0.3 is 9.64 Å². The lowest BCUT2D eigenvalue weighted by molar-refractivity contribution is -0.141. The van der Waals surface area contributed by atoms with Gasteiger partial charge in [-0.15, -0.1) is 4.80 Å². The summed E-state index contributed by atoms with van der Waals surface area (Å²) in [7, 11) is 0. The van der Waals surface area contributed by atoms with E-state index in [4.69, 9.17) is 4.74 Å². The van der Waals surface area contributed by atoms with Gasteiger partial charge in [0.2, 0.25) is 5.88 Å². The standard InChI is InChI=1S/C23H24F4N6O2/c1-3-18(35-20-12-28-19(11-29-20)23(25,26)27)17-8-7-14(2)13-32(17)22(34)15-5-4-6-16(24)21(15)33-30-9-10-31-33/h4-6,9-12,14,17-18H,3,7-8,13H2,1-2H3. The molecule has 4 rings (SSSR count). The number of likely N-dealkylation sites (tertiary alicyclic amines) is 1. The van der Waals surface area contributed by atoms with Crippen molar-refractivity contribution in [2.75, 3.05) is 6.54 Å². The number of hydrogen-bond acceptors (Lipinski definition) is 6. The molecular formula is C23H24F4N6O2. The third kappa shape index (κ3) is 5.25. The fourth-order valence-corrected chi connectivity index (χ4v) is 4.28. The van der Waals surface area contributed by atoms with E-state index in [0.29, 0.717) is 25.6 Å². The Morgan fingerprint density at radius 2 is 1.91 bits per heavy atom. The number of para-hydroxylation sites is 1. The van der Waals surface area contributed by atoms with Crippen molar-refractivity contribution in [2.45, 2.75) is 51.4 Å². The first-order valence-corrected chi connectivity index (χ1v) is 11.2. The van der Waals surface area contributed by atoms with Gasteiger partial charge in [-0.1, -0.05) is 19.9 Å². The Balaban J connectivity index is 1.63. The number of ether oxygens (including phenoxy) is 1. The summed E-state index contributed by atoms with van der Waals surface area (Å²) in [4.78, 5) is 23.6. The number of hydrogen-bond donors (Lipinski definition) is 0. The number of nitrogens with zero attached hydrogens (tertiary/aromatic N) is 6. The molecule has 0 spiro atoms. The molecule has 3 heterocycles. The van der Waals surface area contributed by atoms with Crippen LogP contribution < -0.4 is 4.74 Å². The summed E-state index contributed by atoms with van der Waals surface area (Å²) in [5.74, 6) is -0.924. The maximum atomic E-state index is 14.8. The lowest BCUT2D eigenvalue weighted by Gasteiger charge is -2.42. The van der Waals surface area contributed by atoms with Gasteiger partial charge in [0, 0.05) is 6.54 Å². The number of carbonyl (C=O) groups is 1. The molecule has 2 aromatic heterocycles. The van der Waals surface area contributed by atoms with E-state index in [1.54, 1.807) is 4.90 Å². The van der Waals surface area contributed by atoms with Crippen LogP contribution in [0, 0.1) is 11.7 Å². The van der Waals surface area contributed by atoms with Crippen LogP contribution in [0.15, 0.2) is 43.0 Å². The van der Waals surface area contributed by atoms with Crippen molar-refractivity contribution in [3.05, 3.63) is 60.1 Å². The Kier molecular flexibility index (Phi) is 6.99. The quantitative estimate of drug-likeness (QED) is 0.477. The maximum absolute atomic E-state index is 14.8. The van der Waals surface area contributed by atoms with Crippen LogP contribution in [-0.2, 0) is 6.18 Å². The molecule has 12 heteroatoms. The highest BCUT2D eigenvalue weighted by atomic mass is 19.4. The van der Waals surface area contributed by atoms with Crippen molar-refractivity contribution in [3.8, 4) is 11.6 Å². The Morgan fingerprint density at radius 3 is 2.54 bits per heavy atom. The normalized spacial score (nSPS) is 19.4. The molecule has 1 fully saturated rings.